The molecular formula is C9H15N3O. The molecule has 1 aromatic heterocycles. The zero-order valence-electron chi connectivity index (χ0n) is 8.08. The van der Waals surface area contributed by atoms with Gasteiger partial charge in [0.25, 0.3) is 0 Å². The molecule has 0 amide bonds. The number of nitrogens with one attached hydrogen (secondary N) is 1. The Morgan fingerprint density at radius 2 is 2.38 bits per heavy atom. The van der Waals surface area contributed by atoms with Crippen molar-refractivity contribution >= 4 is 5.95 Å². The van der Waals surface area contributed by atoms with E-state index in [1.807, 2.05) is 13.0 Å². The Balaban J connectivity index is 2.28. The number of methoxy groups -OCH3 is 1. The number of aryl methyl sites for hydroxylation is 1. The third kappa shape index (κ3) is 3.85. The fourth-order valence-electron chi connectivity index (χ4n) is 0.951. The summed E-state index contributed by atoms with van der Waals surface area (Å²) in [6.45, 7) is 3.55. The number of rotatable bonds is 5. The smallest absolute Gasteiger partial charge is 0.222 e. The highest BCUT2D eigenvalue weighted by molar-refractivity contribution is 5.24. The second-order valence-corrected chi connectivity index (χ2v) is 2.79. The van der Waals surface area contributed by atoms with Gasteiger partial charge in [-0.3, -0.25) is 0 Å². The van der Waals surface area contributed by atoms with E-state index in [1.54, 1.807) is 13.3 Å². The first-order valence-corrected chi connectivity index (χ1v) is 4.35. The number of hydrogen-bond donors (Lipinski definition) is 1. The average Bonchev–Trinajstić information content (AvgIpc) is 2.13. The molecular weight excluding hydrogens is 166 g/mol. The molecule has 4 nitrogen and oxygen atoms in total. The van der Waals surface area contributed by atoms with Crippen LogP contribution in [0.15, 0.2) is 12.3 Å². The van der Waals surface area contributed by atoms with Crippen LogP contribution in [0.3, 0.4) is 0 Å². The second-order valence-electron chi connectivity index (χ2n) is 2.79. The van der Waals surface area contributed by atoms with Crippen LogP contribution in [0.4, 0.5) is 5.95 Å². The quantitative estimate of drug-likeness (QED) is 0.694. The fraction of sp³-hybridized carbons (Fsp3) is 0.556. The minimum absolute atomic E-state index is 0.691. The summed E-state index contributed by atoms with van der Waals surface area (Å²) in [4.78, 5) is 8.28. The molecule has 0 aromatic carbocycles. The van der Waals surface area contributed by atoms with Gasteiger partial charge < -0.3 is 10.1 Å². The SMILES string of the molecule is COCCCNc1nccc(C)n1. The van der Waals surface area contributed by atoms with Crippen LogP contribution in [-0.4, -0.2) is 30.2 Å². The molecule has 0 fully saturated rings. The molecule has 0 saturated carbocycles. The van der Waals surface area contributed by atoms with Gasteiger partial charge in [-0.1, -0.05) is 0 Å². The van der Waals surface area contributed by atoms with Crippen LogP contribution in [0.2, 0.25) is 0 Å². The maximum atomic E-state index is 4.92. The van der Waals surface area contributed by atoms with E-state index in [9.17, 15) is 0 Å². The third-order valence-corrected chi connectivity index (χ3v) is 1.60. The molecule has 0 saturated heterocycles. The predicted octanol–water partition coefficient (Wildman–Crippen LogP) is 1.23. The van der Waals surface area contributed by atoms with Crippen LogP contribution in [0.1, 0.15) is 12.1 Å². The van der Waals surface area contributed by atoms with E-state index in [-0.39, 0.29) is 0 Å². The summed E-state index contributed by atoms with van der Waals surface area (Å²) in [5.74, 6) is 0.691. The topological polar surface area (TPSA) is 47.0 Å². The van der Waals surface area contributed by atoms with Gasteiger partial charge in [0.1, 0.15) is 0 Å². The number of nitrogens with zero attached hydrogens (tertiary/aromatic N) is 2. The van der Waals surface area contributed by atoms with Gasteiger partial charge >= 0.3 is 0 Å². The summed E-state index contributed by atoms with van der Waals surface area (Å²) in [5, 5.41) is 3.12. The predicted molar refractivity (Wildman–Crippen MR) is 51.8 cm³/mol. The van der Waals surface area contributed by atoms with Crippen LogP contribution in [-0.2, 0) is 4.74 Å². The molecule has 0 aliphatic rings. The third-order valence-electron chi connectivity index (χ3n) is 1.60. The summed E-state index contributed by atoms with van der Waals surface area (Å²) in [7, 11) is 1.70. The largest absolute Gasteiger partial charge is 0.385 e. The Kier molecular flexibility index (Phi) is 4.18. The van der Waals surface area contributed by atoms with E-state index < -0.39 is 0 Å². The van der Waals surface area contributed by atoms with Crippen LogP contribution < -0.4 is 5.32 Å². The van der Waals surface area contributed by atoms with Gasteiger partial charge in [-0.2, -0.15) is 0 Å². The molecule has 0 bridgehead atoms. The zero-order valence-corrected chi connectivity index (χ0v) is 8.08. The van der Waals surface area contributed by atoms with E-state index >= 15 is 0 Å². The van der Waals surface area contributed by atoms with E-state index in [1.165, 1.54) is 0 Å². The Morgan fingerprint density at radius 3 is 3.08 bits per heavy atom. The fourth-order valence-corrected chi connectivity index (χ4v) is 0.951. The van der Waals surface area contributed by atoms with Crippen LogP contribution in [0.25, 0.3) is 0 Å². The summed E-state index contributed by atoms with van der Waals surface area (Å²) in [6, 6.07) is 1.88. The van der Waals surface area contributed by atoms with Crippen LogP contribution in [0, 0.1) is 6.92 Å². The van der Waals surface area contributed by atoms with Crippen molar-refractivity contribution in [3.05, 3.63) is 18.0 Å². The van der Waals surface area contributed by atoms with Crippen molar-refractivity contribution in [2.24, 2.45) is 0 Å². The van der Waals surface area contributed by atoms with Crippen molar-refractivity contribution in [3.63, 3.8) is 0 Å². The van der Waals surface area contributed by atoms with Gasteiger partial charge in [0, 0.05) is 32.2 Å². The molecule has 0 unspecified atom stereocenters. The van der Waals surface area contributed by atoms with Crippen molar-refractivity contribution in [1.29, 1.82) is 0 Å². The molecule has 0 spiro atoms. The molecule has 13 heavy (non-hydrogen) atoms. The van der Waals surface area contributed by atoms with Crippen molar-refractivity contribution in [3.8, 4) is 0 Å². The summed E-state index contributed by atoms with van der Waals surface area (Å²) in [5.41, 5.74) is 0.976. The molecule has 0 radical (unpaired) electrons. The van der Waals surface area contributed by atoms with E-state index in [0.717, 1.165) is 25.3 Å². The number of hydrogen-bond acceptors (Lipinski definition) is 4. The minimum Gasteiger partial charge on any atom is -0.385 e. The lowest BCUT2D eigenvalue weighted by molar-refractivity contribution is 0.197. The monoisotopic (exact) mass is 181 g/mol. The van der Waals surface area contributed by atoms with Crippen LogP contribution >= 0.6 is 0 Å². The molecule has 72 valence electrons. The summed E-state index contributed by atoms with van der Waals surface area (Å²) < 4.78 is 4.92. The van der Waals surface area contributed by atoms with Crippen molar-refractivity contribution in [2.45, 2.75) is 13.3 Å². The Bertz CT molecular complexity index is 252. The molecule has 1 heterocycles. The first-order valence-electron chi connectivity index (χ1n) is 4.35. The van der Waals surface area contributed by atoms with Gasteiger partial charge in [-0.05, 0) is 19.4 Å². The lowest BCUT2D eigenvalue weighted by Crippen LogP contribution is -2.07. The maximum Gasteiger partial charge on any atom is 0.222 e. The molecule has 0 aliphatic heterocycles. The van der Waals surface area contributed by atoms with Crippen molar-refractivity contribution in [2.75, 3.05) is 25.6 Å². The highest BCUT2D eigenvalue weighted by atomic mass is 16.5. The minimum atomic E-state index is 0.691. The van der Waals surface area contributed by atoms with Gasteiger partial charge in [0.05, 0.1) is 0 Å². The lowest BCUT2D eigenvalue weighted by Gasteiger charge is -2.03. The van der Waals surface area contributed by atoms with E-state index in [0.29, 0.717) is 5.95 Å². The molecule has 1 N–H and O–H groups in total. The highest BCUT2D eigenvalue weighted by Gasteiger charge is 1.93. The number of ether oxygens (including phenoxy) is 1. The Hall–Kier alpha value is -1.16. The summed E-state index contributed by atoms with van der Waals surface area (Å²) >= 11 is 0. The first-order chi connectivity index (χ1) is 6.33. The van der Waals surface area contributed by atoms with Gasteiger partial charge in [0.2, 0.25) is 5.95 Å². The van der Waals surface area contributed by atoms with Crippen molar-refractivity contribution in [1.82, 2.24) is 9.97 Å². The van der Waals surface area contributed by atoms with Gasteiger partial charge in [-0.15, -0.1) is 0 Å². The first kappa shape index (κ1) is 9.92. The van der Waals surface area contributed by atoms with Gasteiger partial charge in [-0.25, -0.2) is 9.97 Å². The van der Waals surface area contributed by atoms with Crippen LogP contribution in [0.5, 0.6) is 0 Å². The Morgan fingerprint density at radius 1 is 1.54 bits per heavy atom. The van der Waals surface area contributed by atoms with E-state index in [4.69, 9.17) is 4.74 Å². The maximum absolute atomic E-state index is 4.92. The Labute approximate surface area is 78.4 Å². The molecule has 1 rings (SSSR count). The zero-order chi connectivity index (χ0) is 9.52. The molecule has 1 aromatic rings. The number of anilines is 1. The highest BCUT2D eigenvalue weighted by Crippen LogP contribution is 1.98. The molecule has 4 heteroatoms. The molecule has 0 atom stereocenters. The van der Waals surface area contributed by atoms with E-state index in [2.05, 4.69) is 15.3 Å². The van der Waals surface area contributed by atoms with Gasteiger partial charge in [0.15, 0.2) is 0 Å². The van der Waals surface area contributed by atoms with Crippen molar-refractivity contribution < 1.29 is 4.74 Å². The normalized spacial score (nSPS) is 10.0. The lowest BCUT2D eigenvalue weighted by atomic mass is 10.4. The standard InChI is InChI=1S/C9H15N3O/c1-8-4-6-11-9(12-8)10-5-3-7-13-2/h4,6H,3,5,7H2,1-2H3,(H,10,11,12). The average molecular weight is 181 g/mol. The number of aromatic nitrogens is 2. The molecule has 0 aliphatic carbocycles. The second kappa shape index (κ2) is 5.48. The summed E-state index contributed by atoms with van der Waals surface area (Å²) in [6.07, 6.45) is 2.72.